The Balaban J connectivity index is 1.43. The second kappa shape index (κ2) is 13.1. The smallest absolute Gasteiger partial charge is 0.341 e. The highest BCUT2D eigenvalue weighted by Gasteiger charge is 2.29. The van der Waals surface area contributed by atoms with Crippen molar-refractivity contribution < 1.29 is 28.7 Å². The summed E-state index contributed by atoms with van der Waals surface area (Å²) in [6.45, 7) is 4.07. The molecule has 1 aromatic carbocycles. The molecule has 208 valence electrons. The van der Waals surface area contributed by atoms with Crippen LogP contribution in [0.3, 0.4) is 0 Å². The Labute approximate surface area is 242 Å². The molecule has 39 heavy (non-hydrogen) atoms. The van der Waals surface area contributed by atoms with E-state index in [4.69, 9.17) is 21.1 Å². The third kappa shape index (κ3) is 7.10. The number of amides is 2. The van der Waals surface area contributed by atoms with Gasteiger partial charge in [-0.2, -0.15) is 4.99 Å². The van der Waals surface area contributed by atoms with Gasteiger partial charge in [0, 0.05) is 9.90 Å². The van der Waals surface area contributed by atoms with Crippen molar-refractivity contribution in [2.45, 2.75) is 39.7 Å². The summed E-state index contributed by atoms with van der Waals surface area (Å²) in [4.78, 5) is 55.6. The molecule has 0 radical (unpaired) electrons. The lowest BCUT2D eigenvalue weighted by Crippen LogP contribution is -2.23. The van der Waals surface area contributed by atoms with Crippen molar-refractivity contribution in [1.82, 2.24) is 4.57 Å². The predicted octanol–water partition coefficient (Wildman–Crippen LogP) is 4.69. The minimum absolute atomic E-state index is 0.00663. The van der Waals surface area contributed by atoms with Gasteiger partial charge >= 0.3 is 11.9 Å². The van der Waals surface area contributed by atoms with E-state index in [9.17, 15) is 19.2 Å². The molecule has 9 nitrogen and oxygen atoms in total. The zero-order valence-electron chi connectivity index (χ0n) is 21.7. The number of methoxy groups -OCH3 is 1. The molecule has 0 bridgehead atoms. The first-order valence-corrected chi connectivity index (χ1v) is 15.5. The van der Waals surface area contributed by atoms with Crippen molar-refractivity contribution in [3.05, 3.63) is 44.0 Å². The van der Waals surface area contributed by atoms with Gasteiger partial charge in [-0.15, -0.1) is 23.1 Å². The predicted molar refractivity (Wildman–Crippen MR) is 155 cm³/mol. The van der Waals surface area contributed by atoms with Crippen LogP contribution in [0, 0.1) is 5.92 Å². The van der Waals surface area contributed by atoms with E-state index in [0.717, 1.165) is 46.2 Å². The number of carbonyl (C=O) groups is 4. The molecule has 0 fully saturated rings. The highest BCUT2D eigenvalue weighted by atomic mass is 35.5. The average molecular weight is 610 g/mol. The fraction of sp³-hybridized carbons (Fsp3) is 0.423. The highest BCUT2D eigenvalue weighted by Crippen LogP contribution is 2.40. The fourth-order valence-electron chi connectivity index (χ4n) is 4.27. The standard InChI is InChI=1S/C26H28ClN3O6S3/c1-4-36-25(34)23-16-7-5-14(2)9-18(16)38-24(23)28-20(31)12-37-13-21(32)29-26-30(11-22(33)35-3)17-8-6-15(27)10-19(17)39-26/h6,8,10,14H,4-5,7,9,11-13H2,1-3H3,(H,28,31). The molecule has 3 aromatic rings. The number of aromatic nitrogens is 1. The topological polar surface area (TPSA) is 116 Å². The first kappa shape index (κ1) is 29.3. The summed E-state index contributed by atoms with van der Waals surface area (Å²) in [5.74, 6) is -1.18. The number of thioether (sulfide) groups is 1. The van der Waals surface area contributed by atoms with Crippen LogP contribution in [0.5, 0.6) is 0 Å². The summed E-state index contributed by atoms with van der Waals surface area (Å²) in [5, 5.41) is 3.89. The summed E-state index contributed by atoms with van der Waals surface area (Å²) in [5.41, 5.74) is 2.13. The van der Waals surface area contributed by atoms with E-state index < -0.39 is 17.8 Å². The third-order valence-electron chi connectivity index (χ3n) is 6.08. The van der Waals surface area contributed by atoms with Gasteiger partial charge in [0.2, 0.25) is 5.91 Å². The van der Waals surface area contributed by atoms with Gasteiger partial charge < -0.3 is 19.4 Å². The molecule has 4 rings (SSSR count). The molecule has 1 N–H and O–H groups in total. The van der Waals surface area contributed by atoms with Crippen LogP contribution in [-0.4, -0.2) is 53.5 Å². The summed E-state index contributed by atoms with van der Waals surface area (Å²) in [7, 11) is 1.29. The summed E-state index contributed by atoms with van der Waals surface area (Å²) in [6, 6.07) is 5.20. The number of benzene rings is 1. The summed E-state index contributed by atoms with van der Waals surface area (Å²) in [6.07, 6.45) is 2.63. The fourth-order valence-corrected chi connectivity index (χ4v) is 7.61. The van der Waals surface area contributed by atoms with E-state index in [-0.39, 0.29) is 30.6 Å². The number of esters is 2. The number of carbonyl (C=O) groups excluding carboxylic acids is 4. The van der Waals surface area contributed by atoms with Crippen LogP contribution in [0.2, 0.25) is 5.02 Å². The molecule has 1 unspecified atom stereocenters. The van der Waals surface area contributed by atoms with Crippen molar-refractivity contribution >= 4 is 85.0 Å². The lowest BCUT2D eigenvalue weighted by Gasteiger charge is -2.18. The maximum absolute atomic E-state index is 12.7. The van der Waals surface area contributed by atoms with Crippen LogP contribution < -0.4 is 10.1 Å². The van der Waals surface area contributed by atoms with Crippen molar-refractivity contribution in [3.8, 4) is 0 Å². The zero-order chi connectivity index (χ0) is 28.1. The van der Waals surface area contributed by atoms with E-state index in [1.165, 1.54) is 29.8 Å². The molecule has 2 amide bonds. The monoisotopic (exact) mass is 609 g/mol. The summed E-state index contributed by atoms with van der Waals surface area (Å²) < 4.78 is 12.4. The van der Waals surface area contributed by atoms with Gasteiger partial charge in [-0.05, 0) is 55.9 Å². The van der Waals surface area contributed by atoms with E-state index in [2.05, 4.69) is 17.2 Å². The highest BCUT2D eigenvalue weighted by molar-refractivity contribution is 8.00. The molecular weight excluding hydrogens is 582 g/mol. The van der Waals surface area contributed by atoms with E-state index in [1.807, 2.05) is 0 Å². The number of nitrogens with zero attached hydrogens (tertiary/aromatic N) is 2. The quantitative estimate of drug-likeness (QED) is 0.350. The van der Waals surface area contributed by atoms with Crippen LogP contribution in [0.4, 0.5) is 5.00 Å². The molecule has 0 saturated heterocycles. The Morgan fingerprint density at radius 2 is 2.03 bits per heavy atom. The van der Waals surface area contributed by atoms with Gasteiger partial charge in [0.25, 0.3) is 5.91 Å². The number of anilines is 1. The Kier molecular flexibility index (Phi) is 9.86. The van der Waals surface area contributed by atoms with E-state index in [0.29, 0.717) is 31.8 Å². The number of thiazole rings is 1. The zero-order valence-corrected chi connectivity index (χ0v) is 24.9. The molecular formula is C26H28ClN3O6S3. The molecule has 1 aliphatic carbocycles. The lowest BCUT2D eigenvalue weighted by atomic mass is 9.88. The van der Waals surface area contributed by atoms with Crippen molar-refractivity contribution in [1.29, 1.82) is 0 Å². The minimum Gasteiger partial charge on any atom is -0.468 e. The number of nitrogens with one attached hydrogen (secondary N) is 1. The molecule has 1 aliphatic rings. The Bertz CT molecular complexity index is 1490. The summed E-state index contributed by atoms with van der Waals surface area (Å²) >= 11 is 9.87. The van der Waals surface area contributed by atoms with Crippen LogP contribution >= 0.6 is 46.0 Å². The Morgan fingerprint density at radius 1 is 1.23 bits per heavy atom. The number of rotatable bonds is 9. The number of hydrogen-bond acceptors (Lipinski definition) is 9. The SMILES string of the molecule is CCOC(=O)c1c(NC(=O)CSCC(=O)N=c2sc3cc(Cl)ccc3n2CC(=O)OC)sc2c1CCC(C)C2. The minimum atomic E-state index is -0.475. The van der Waals surface area contributed by atoms with Crippen molar-refractivity contribution in [2.75, 3.05) is 30.5 Å². The van der Waals surface area contributed by atoms with Crippen LogP contribution in [0.15, 0.2) is 23.2 Å². The molecule has 1 atom stereocenters. The van der Waals surface area contributed by atoms with Crippen molar-refractivity contribution in [3.63, 3.8) is 0 Å². The van der Waals surface area contributed by atoms with Crippen LogP contribution in [0.25, 0.3) is 10.2 Å². The van der Waals surface area contributed by atoms with Gasteiger partial charge in [0.15, 0.2) is 4.80 Å². The molecule has 2 heterocycles. The van der Waals surface area contributed by atoms with Crippen LogP contribution in [-0.2, 0) is 43.2 Å². The molecule has 0 aliphatic heterocycles. The number of halogens is 1. The van der Waals surface area contributed by atoms with E-state index >= 15 is 0 Å². The van der Waals surface area contributed by atoms with Gasteiger partial charge in [-0.3, -0.25) is 14.4 Å². The van der Waals surface area contributed by atoms with Crippen LogP contribution in [0.1, 0.15) is 41.1 Å². The van der Waals surface area contributed by atoms with Gasteiger partial charge in [-0.1, -0.05) is 29.9 Å². The van der Waals surface area contributed by atoms with E-state index in [1.54, 1.807) is 29.7 Å². The maximum atomic E-state index is 12.7. The van der Waals surface area contributed by atoms with Gasteiger partial charge in [-0.25, -0.2) is 4.79 Å². The molecule has 0 saturated carbocycles. The number of fused-ring (bicyclic) bond motifs is 2. The largest absolute Gasteiger partial charge is 0.468 e. The lowest BCUT2D eigenvalue weighted by molar-refractivity contribution is -0.141. The Hall–Kier alpha value is -2.67. The second-order valence-electron chi connectivity index (χ2n) is 8.98. The second-order valence-corrected chi connectivity index (χ2v) is 12.5. The first-order chi connectivity index (χ1) is 18.7. The number of hydrogen-bond donors (Lipinski definition) is 1. The molecule has 2 aromatic heterocycles. The Morgan fingerprint density at radius 3 is 2.77 bits per heavy atom. The average Bonchev–Trinajstić information content (AvgIpc) is 3.40. The molecule has 0 spiro atoms. The number of thiophene rings is 1. The first-order valence-electron chi connectivity index (χ1n) is 12.3. The van der Waals surface area contributed by atoms with Crippen molar-refractivity contribution in [2.24, 2.45) is 10.9 Å². The number of ether oxygens (including phenoxy) is 2. The van der Waals surface area contributed by atoms with Gasteiger partial charge in [0.1, 0.15) is 11.5 Å². The van der Waals surface area contributed by atoms with Gasteiger partial charge in [0.05, 0.1) is 41.0 Å². The molecule has 13 heteroatoms. The third-order valence-corrected chi connectivity index (χ3v) is 9.45. The maximum Gasteiger partial charge on any atom is 0.341 e. The normalized spacial score (nSPS) is 15.2.